The molecule has 3 aliphatic carbocycles. The molecule has 1 heterocycles. The molecule has 94 valence electrons. The first kappa shape index (κ1) is 10.8. The normalized spacial score (nSPS) is 37.9. The first-order valence-electron chi connectivity index (χ1n) is 7.13. The Balaban J connectivity index is 1.95. The van der Waals surface area contributed by atoms with Crippen molar-refractivity contribution in [2.45, 2.75) is 25.7 Å². The lowest BCUT2D eigenvalue weighted by molar-refractivity contribution is 0.288. The van der Waals surface area contributed by atoms with Crippen LogP contribution in [-0.4, -0.2) is 25.0 Å². The molecule has 0 radical (unpaired) electrons. The lowest BCUT2D eigenvalue weighted by Crippen LogP contribution is -2.38. The van der Waals surface area contributed by atoms with Crippen molar-refractivity contribution in [3.05, 3.63) is 46.5 Å². The van der Waals surface area contributed by atoms with Crippen LogP contribution in [0.25, 0.3) is 0 Å². The molecule has 0 unspecified atom stereocenters. The quantitative estimate of drug-likeness (QED) is 0.627. The SMILES string of the molecule is CC1=C(C)[C@H]2c3ccccc3[C@@H]1[C@@H]1CN(C)C[C@@H]12. The van der Waals surface area contributed by atoms with Crippen LogP contribution in [0.4, 0.5) is 0 Å². The summed E-state index contributed by atoms with van der Waals surface area (Å²) in [7, 11) is 2.28. The smallest absolute Gasteiger partial charge is 0.00950 e. The zero-order valence-corrected chi connectivity index (χ0v) is 11.5. The van der Waals surface area contributed by atoms with Crippen molar-refractivity contribution in [2.75, 3.05) is 20.1 Å². The van der Waals surface area contributed by atoms with E-state index < -0.39 is 0 Å². The Morgan fingerprint density at radius 2 is 1.33 bits per heavy atom. The molecule has 1 fully saturated rings. The molecule has 0 N–H and O–H groups in total. The topological polar surface area (TPSA) is 3.24 Å². The van der Waals surface area contributed by atoms with E-state index >= 15 is 0 Å². The summed E-state index contributed by atoms with van der Waals surface area (Å²) in [6.45, 7) is 7.31. The van der Waals surface area contributed by atoms with Crippen LogP contribution in [0.15, 0.2) is 35.4 Å². The largest absolute Gasteiger partial charge is 0.306 e. The molecule has 1 heteroatoms. The summed E-state index contributed by atoms with van der Waals surface area (Å²) >= 11 is 0. The molecule has 0 saturated carbocycles. The van der Waals surface area contributed by atoms with E-state index in [-0.39, 0.29) is 0 Å². The Bertz CT molecular complexity index is 495. The van der Waals surface area contributed by atoms with Crippen LogP contribution in [0, 0.1) is 11.8 Å². The van der Waals surface area contributed by atoms with E-state index in [1.165, 1.54) is 13.1 Å². The van der Waals surface area contributed by atoms with E-state index in [0.717, 1.165) is 11.8 Å². The third kappa shape index (κ3) is 1.16. The number of likely N-dealkylation sites (tertiary alicyclic amines) is 1. The molecule has 4 atom stereocenters. The van der Waals surface area contributed by atoms with Crippen LogP contribution in [0.2, 0.25) is 0 Å². The Morgan fingerprint density at radius 1 is 0.889 bits per heavy atom. The summed E-state index contributed by atoms with van der Waals surface area (Å²) in [5, 5.41) is 0. The second-order valence-corrected chi connectivity index (χ2v) is 6.50. The van der Waals surface area contributed by atoms with Gasteiger partial charge in [0.2, 0.25) is 0 Å². The van der Waals surface area contributed by atoms with Crippen molar-refractivity contribution in [3.8, 4) is 0 Å². The molecule has 5 rings (SSSR count). The van der Waals surface area contributed by atoms with Gasteiger partial charge in [0.15, 0.2) is 0 Å². The van der Waals surface area contributed by atoms with E-state index in [4.69, 9.17) is 0 Å². The van der Waals surface area contributed by atoms with Gasteiger partial charge in [-0.1, -0.05) is 35.4 Å². The lowest BCUT2D eigenvalue weighted by Gasteiger charge is -2.48. The third-order valence-corrected chi connectivity index (χ3v) is 5.67. The van der Waals surface area contributed by atoms with Gasteiger partial charge in [-0.15, -0.1) is 0 Å². The van der Waals surface area contributed by atoms with Gasteiger partial charge in [0.1, 0.15) is 0 Å². The van der Waals surface area contributed by atoms with Gasteiger partial charge < -0.3 is 4.90 Å². The minimum Gasteiger partial charge on any atom is -0.306 e. The molecule has 18 heavy (non-hydrogen) atoms. The van der Waals surface area contributed by atoms with Crippen molar-refractivity contribution < 1.29 is 0 Å². The van der Waals surface area contributed by atoms with E-state index in [1.807, 2.05) is 0 Å². The van der Waals surface area contributed by atoms with Crippen molar-refractivity contribution in [1.82, 2.24) is 4.90 Å². The number of allylic oxidation sites excluding steroid dienone is 2. The highest BCUT2D eigenvalue weighted by molar-refractivity contribution is 5.52. The summed E-state index contributed by atoms with van der Waals surface area (Å²) in [5.74, 6) is 3.11. The third-order valence-electron chi connectivity index (χ3n) is 5.67. The first-order chi connectivity index (χ1) is 8.68. The van der Waals surface area contributed by atoms with Gasteiger partial charge in [-0.05, 0) is 43.9 Å². The molecule has 1 aromatic carbocycles. The van der Waals surface area contributed by atoms with Crippen molar-refractivity contribution in [2.24, 2.45) is 11.8 Å². The Morgan fingerprint density at radius 3 is 1.78 bits per heavy atom. The monoisotopic (exact) mass is 239 g/mol. The molecule has 1 aromatic rings. The molecule has 0 spiro atoms. The highest BCUT2D eigenvalue weighted by Crippen LogP contribution is 2.59. The van der Waals surface area contributed by atoms with Gasteiger partial charge in [-0.25, -0.2) is 0 Å². The number of hydrogen-bond acceptors (Lipinski definition) is 1. The second-order valence-electron chi connectivity index (χ2n) is 6.50. The number of benzene rings is 1. The molecule has 4 aliphatic rings. The fraction of sp³-hybridized carbons (Fsp3) is 0.529. The summed E-state index contributed by atoms with van der Waals surface area (Å²) in [5.41, 5.74) is 6.58. The Hall–Kier alpha value is -1.08. The van der Waals surface area contributed by atoms with E-state index in [0.29, 0.717) is 11.8 Å². The van der Waals surface area contributed by atoms with Crippen molar-refractivity contribution in [1.29, 1.82) is 0 Å². The van der Waals surface area contributed by atoms with Crippen LogP contribution in [0.3, 0.4) is 0 Å². The minimum atomic E-state index is 0.696. The molecule has 2 bridgehead atoms. The average Bonchev–Trinajstić information content (AvgIpc) is 2.74. The summed E-state index contributed by atoms with van der Waals surface area (Å²) in [6.07, 6.45) is 0. The van der Waals surface area contributed by atoms with Gasteiger partial charge in [0, 0.05) is 24.9 Å². The van der Waals surface area contributed by atoms with Crippen LogP contribution >= 0.6 is 0 Å². The van der Waals surface area contributed by atoms with Crippen LogP contribution < -0.4 is 0 Å². The number of rotatable bonds is 0. The highest BCUT2D eigenvalue weighted by Gasteiger charge is 2.51. The average molecular weight is 239 g/mol. The van der Waals surface area contributed by atoms with E-state index in [1.54, 1.807) is 22.3 Å². The van der Waals surface area contributed by atoms with Crippen LogP contribution in [0.1, 0.15) is 36.8 Å². The fourth-order valence-electron chi connectivity index (χ4n) is 4.91. The zero-order chi connectivity index (χ0) is 12.4. The molecule has 0 amide bonds. The van der Waals surface area contributed by atoms with Gasteiger partial charge >= 0.3 is 0 Å². The Labute approximate surface area is 109 Å². The van der Waals surface area contributed by atoms with Crippen molar-refractivity contribution in [3.63, 3.8) is 0 Å². The van der Waals surface area contributed by atoms with Gasteiger partial charge in [-0.3, -0.25) is 0 Å². The van der Waals surface area contributed by atoms with E-state index in [9.17, 15) is 0 Å². The molecule has 0 aromatic heterocycles. The number of nitrogens with zero attached hydrogens (tertiary/aromatic N) is 1. The predicted octanol–water partition coefficient (Wildman–Crippen LogP) is 3.40. The standard InChI is InChI=1S/C17H21N/c1-10-11(2)17-13-7-5-4-6-12(13)16(10)14-8-18(3)9-15(14)17/h4-7,14-17H,8-9H2,1-3H3/t14-,15+,16-,17+. The van der Waals surface area contributed by atoms with E-state index in [2.05, 4.69) is 50.1 Å². The summed E-state index contributed by atoms with van der Waals surface area (Å²) in [6, 6.07) is 9.18. The maximum atomic E-state index is 2.53. The van der Waals surface area contributed by atoms with Gasteiger partial charge in [0.25, 0.3) is 0 Å². The van der Waals surface area contributed by atoms with Crippen molar-refractivity contribution >= 4 is 0 Å². The highest BCUT2D eigenvalue weighted by atomic mass is 15.1. The maximum Gasteiger partial charge on any atom is 0.00950 e. The molecular formula is C17H21N. The number of hydrogen-bond donors (Lipinski definition) is 0. The minimum absolute atomic E-state index is 0.696. The predicted molar refractivity (Wildman–Crippen MR) is 74.8 cm³/mol. The summed E-state index contributed by atoms with van der Waals surface area (Å²) in [4.78, 5) is 2.53. The fourth-order valence-corrected chi connectivity index (χ4v) is 4.91. The lowest BCUT2D eigenvalue weighted by atomic mass is 9.56. The molecular weight excluding hydrogens is 218 g/mol. The summed E-state index contributed by atoms with van der Waals surface area (Å²) < 4.78 is 0. The van der Waals surface area contributed by atoms with Crippen LogP contribution in [-0.2, 0) is 0 Å². The Kier molecular flexibility index (Phi) is 2.09. The van der Waals surface area contributed by atoms with Gasteiger partial charge in [0.05, 0.1) is 0 Å². The van der Waals surface area contributed by atoms with Gasteiger partial charge in [-0.2, -0.15) is 0 Å². The molecule has 1 saturated heterocycles. The zero-order valence-electron chi connectivity index (χ0n) is 11.5. The van der Waals surface area contributed by atoms with Crippen LogP contribution in [0.5, 0.6) is 0 Å². The molecule has 1 nitrogen and oxygen atoms in total. The first-order valence-corrected chi connectivity index (χ1v) is 7.13. The molecule has 1 aliphatic heterocycles. The second kappa shape index (κ2) is 3.48. The maximum absolute atomic E-state index is 2.53.